The second kappa shape index (κ2) is 5.94. The SMILES string of the molecule is CCCn1c(COC(C)(C)C)nc2cc(CN)ccc21. The first-order valence-electron chi connectivity index (χ1n) is 7.26. The van der Waals surface area contributed by atoms with Gasteiger partial charge in [-0.2, -0.15) is 0 Å². The van der Waals surface area contributed by atoms with E-state index in [2.05, 4.69) is 50.5 Å². The molecular formula is C16H25N3O. The Balaban J connectivity index is 2.38. The normalized spacial score (nSPS) is 12.2. The summed E-state index contributed by atoms with van der Waals surface area (Å²) in [6, 6.07) is 6.26. The molecule has 1 aromatic carbocycles. The Morgan fingerprint density at radius 1 is 1.30 bits per heavy atom. The topological polar surface area (TPSA) is 53.1 Å². The van der Waals surface area contributed by atoms with E-state index < -0.39 is 0 Å². The Morgan fingerprint density at radius 3 is 2.65 bits per heavy atom. The fourth-order valence-electron chi connectivity index (χ4n) is 2.22. The smallest absolute Gasteiger partial charge is 0.136 e. The summed E-state index contributed by atoms with van der Waals surface area (Å²) in [7, 11) is 0. The fraction of sp³-hybridized carbons (Fsp3) is 0.562. The van der Waals surface area contributed by atoms with E-state index in [1.54, 1.807) is 0 Å². The van der Waals surface area contributed by atoms with Gasteiger partial charge in [-0.1, -0.05) is 13.0 Å². The lowest BCUT2D eigenvalue weighted by Crippen LogP contribution is -2.20. The molecule has 0 radical (unpaired) electrons. The Labute approximate surface area is 120 Å². The van der Waals surface area contributed by atoms with Crippen molar-refractivity contribution >= 4 is 11.0 Å². The molecule has 0 aliphatic rings. The van der Waals surface area contributed by atoms with Crippen LogP contribution >= 0.6 is 0 Å². The number of nitrogens with two attached hydrogens (primary N) is 1. The van der Waals surface area contributed by atoms with Crippen molar-refractivity contribution in [2.45, 2.75) is 59.4 Å². The van der Waals surface area contributed by atoms with Gasteiger partial charge in [-0.25, -0.2) is 4.98 Å². The van der Waals surface area contributed by atoms with Gasteiger partial charge in [0, 0.05) is 13.1 Å². The van der Waals surface area contributed by atoms with Gasteiger partial charge in [0.1, 0.15) is 12.4 Å². The van der Waals surface area contributed by atoms with Crippen molar-refractivity contribution in [3.63, 3.8) is 0 Å². The van der Waals surface area contributed by atoms with Crippen LogP contribution in [0.3, 0.4) is 0 Å². The highest BCUT2D eigenvalue weighted by atomic mass is 16.5. The molecule has 0 amide bonds. The standard InChI is InChI=1S/C16H25N3O/c1-5-8-19-14-7-6-12(10-17)9-13(14)18-15(19)11-20-16(2,3)4/h6-7,9H,5,8,10-11,17H2,1-4H3. The molecule has 0 spiro atoms. The average Bonchev–Trinajstić information content (AvgIpc) is 2.73. The van der Waals surface area contributed by atoms with Gasteiger partial charge in [0.15, 0.2) is 0 Å². The van der Waals surface area contributed by atoms with Gasteiger partial charge in [-0.3, -0.25) is 0 Å². The molecule has 4 nitrogen and oxygen atoms in total. The molecule has 0 saturated heterocycles. The van der Waals surface area contributed by atoms with Crippen LogP contribution in [-0.4, -0.2) is 15.2 Å². The monoisotopic (exact) mass is 275 g/mol. The summed E-state index contributed by atoms with van der Waals surface area (Å²) in [4.78, 5) is 4.73. The van der Waals surface area contributed by atoms with Gasteiger partial charge in [-0.05, 0) is 44.9 Å². The number of imidazole rings is 1. The van der Waals surface area contributed by atoms with Crippen molar-refractivity contribution < 1.29 is 4.74 Å². The van der Waals surface area contributed by atoms with Gasteiger partial charge in [-0.15, -0.1) is 0 Å². The lowest BCUT2D eigenvalue weighted by Gasteiger charge is -2.19. The van der Waals surface area contributed by atoms with Crippen LogP contribution in [0.4, 0.5) is 0 Å². The van der Waals surface area contributed by atoms with Crippen LogP contribution in [0.25, 0.3) is 11.0 Å². The maximum atomic E-state index is 5.88. The lowest BCUT2D eigenvalue weighted by atomic mass is 10.2. The van der Waals surface area contributed by atoms with Crippen LogP contribution in [0, 0.1) is 0 Å². The molecule has 4 heteroatoms. The molecule has 0 aliphatic carbocycles. The molecule has 0 bridgehead atoms. The van der Waals surface area contributed by atoms with Gasteiger partial charge in [0.05, 0.1) is 16.6 Å². The van der Waals surface area contributed by atoms with Gasteiger partial charge in [0.2, 0.25) is 0 Å². The van der Waals surface area contributed by atoms with Crippen molar-refractivity contribution in [2.24, 2.45) is 5.73 Å². The third-order valence-electron chi connectivity index (χ3n) is 3.21. The Hall–Kier alpha value is -1.39. The molecule has 0 aliphatic heterocycles. The largest absolute Gasteiger partial charge is 0.368 e. The van der Waals surface area contributed by atoms with Crippen molar-refractivity contribution in [3.8, 4) is 0 Å². The number of aromatic nitrogens is 2. The number of hydrogen-bond donors (Lipinski definition) is 1. The number of benzene rings is 1. The number of hydrogen-bond acceptors (Lipinski definition) is 3. The van der Waals surface area contributed by atoms with Gasteiger partial charge < -0.3 is 15.0 Å². The second-order valence-corrected chi connectivity index (χ2v) is 6.11. The van der Waals surface area contributed by atoms with Crippen LogP contribution in [0.15, 0.2) is 18.2 Å². The summed E-state index contributed by atoms with van der Waals surface area (Å²) >= 11 is 0. The van der Waals surface area contributed by atoms with E-state index in [-0.39, 0.29) is 5.60 Å². The molecule has 0 saturated carbocycles. The number of rotatable bonds is 5. The molecule has 0 fully saturated rings. The van der Waals surface area contributed by atoms with E-state index in [1.807, 2.05) is 0 Å². The van der Waals surface area contributed by atoms with E-state index >= 15 is 0 Å². The highest BCUT2D eigenvalue weighted by Gasteiger charge is 2.15. The third kappa shape index (κ3) is 3.38. The zero-order valence-electron chi connectivity index (χ0n) is 12.9. The number of aryl methyl sites for hydroxylation is 1. The predicted molar refractivity (Wildman–Crippen MR) is 82.5 cm³/mol. The maximum Gasteiger partial charge on any atom is 0.136 e. The summed E-state index contributed by atoms with van der Waals surface area (Å²) < 4.78 is 8.13. The van der Waals surface area contributed by atoms with Crippen molar-refractivity contribution in [2.75, 3.05) is 0 Å². The lowest BCUT2D eigenvalue weighted by molar-refractivity contribution is -0.0191. The Morgan fingerprint density at radius 2 is 2.05 bits per heavy atom. The minimum Gasteiger partial charge on any atom is -0.368 e. The fourth-order valence-corrected chi connectivity index (χ4v) is 2.22. The second-order valence-electron chi connectivity index (χ2n) is 6.11. The molecule has 1 aromatic heterocycles. The van der Waals surface area contributed by atoms with Crippen LogP contribution in [0.2, 0.25) is 0 Å². The van der Waals surface area contributed by atoms with Gasteiger partial charge in [0.25, 0.3) is 0 Å². The van der Waals surface area contributed by atoms with E-state index in [9.17, 15) is 0 Å². The third-order valence-corrected chi connectivity index (χ3v) is 3.21. The quantitative estimate of drug-likeness (QED) is 0.911. The Kier molecular flexibility index (Phi) is 4.45. The van der Waals surface area contributed by atoms with E-state index in [1.165, 1.54) is 0 Å². The van der Waals surface area contributed by atoms with Crippen LogP contribution in [-0.2, 0) is 24.4 Å². The number of ether oxygens (including phenoxy) is 1. The molecule has 2 aromatic rings. The van der Waals surface area contributed by atoms with Crippen LogP contribution < -0.4 is 5.73 Å². The van der Waals surface area contributed by atoms with Crippen molar-refractivity contribution in [1.29, 1.82) is 0 Å². The summed E-state index contributed by atoms with van der Waals surface area (Å²) in [5.41, 5.74) is 8.83. The molecular weight excluding hydrogens is 250 g/mol. The van der Waals surface area contributed by atoms with E-state index in [4.69, 9.17) is 15.5 Å². The highest BCUT2D eigenvalue weighted by molar-refractivity contribution is 5.77. The minimum atomic E-state index is -0.155. The van der Waals surface area contributed by atoms with E-state index in [0.717, 1.165) is 35.4 Å². The van der Waals surface area contributed by atoms with Crippen molar-refractivity contribution in [1.82, 2.24) is 9.55 Å². The number of nitrogens with zero attached hydrogens (tertiary/aromatic N) is 2. The van der Waals surface area contributed by atoms with Gasteiger partial charge >= 0.3 is 0 Å². The van der Waals surface area contributed by atoms with Crippen LogP contribution in [0.1, 0.15) is 45.5 Å². The molecule has 0 unspecified atom stereocenters. The first-order chi connectivity index (χ1) is 9.44. The molecule has 0 atom stereocenters. The average molecular weight is 275 g/mol. The molecule has 20 heavy (non-hydrogen) atoms. The predicted octanol–water partition coefficient (Wildman–Crippen LogP) is 3.22. The van der Waals surface area contributed by atoms with Crippen molar-refractivity contribution in [3.05, 3.63) is 29.6 Å². The highest BCUT2D eigenvalue weighted by Crippen LogP contribution is 2.20. The molecule has 110 valence electrons. The summed E-state index contributed by atoms with van der Waals surface area (Å²) in [6.45, 7) is 10.4. The molecule has 1 heterocycles. The summed E-state index contributed by atoms with van der Waals surface area (Å²) in [6.07, 6.45) is 1.08. The minimum absolute atomic E-state index is 0.155. The molecule has 2 rings (SSSR count). The summed E-state index contributed by atoms with van der Waals surface area (Å²) in [5.74, 6) is 0.992. The summed E-state index contributed by atoms with van der Waals surface area (Å²) in [5, 5.41) is 0. The maximum absolute atomic E-state index is 5.88. The zero-order valence-corrected chi connectivity index (χ0v) is 12.9. The number of fused-ring (bicyclic) bond motifs is 1. The Bertz CT molecular complexity index is 581. The first kappa shape index (κ1) is 15.0. The molecule has 2 N–H and O–H groups in total. The first-order valence-corrected chi connectivity index (χ1v) is 7.26. The van der Waals surface area contributed by atoms with E-state index in [0.29, 0.717) is 13.2 Å². The zero-order chi connectivity index (χ0) is 14.8. The van der Waals surface area contributed by atoms with Crippen LogP contribution in [0.5, 0.6) is 0 Å².